The van der Waals surface area contributed by atoms with Gasteiger partial charge >= 0.3 is 0 Å². The van der Waals surface area contributed by atoms with Crippen LogP contribution in [0.4, 0.5) is 0 Å². The molecule has 2 rings (SSSR count). The van der Waals surface area contributed by atoms with E-state index in [1.807, 2.05) is 19.1 Å². The maximum Gasteiger partial charge on any atom is 0.141 e. The van der Waals surface area contributed by atoms with Crippen LogP contribution in [0.25, 0.3) is 0 Å². The second-order valence-corrected chi connectivity index (χ2v) is 4.88. The maximum absolute atomic E-state index is 5.52. The van der Waals surface area contributed by atoms with Crippen LogP contribution >= 0.6 is 15.9 Å². The van der Waals surface area contributed by atoms with E-state index in [1.165, 1.54) is 0 Å². The van der Waals surface area contributed by atoms with Gasteiger partial charge < -0.3 is 14.8 Å². The Kier molecular flexibility index (Phi) is 4.97. The summed E-state index contributed by atoms with van der Waals surface area (Å²) in [6.07, 6.45) is 1.70. The van der Waals surface area contributed by atoms with Gasteiger partial charge in [-0.05, 0) is 34.6 Å². The molecule has 1 aromatic carbocycles. The zero-order chi connectivity index (χ0) is 14.5. The van der Waals surface area contributed by atoms with Crippen molar-refractivity contribution < 1.29 is 9.47 Å². The van der Waals surface area contributed by atoms with Crippen molar-refractivity contribution in [2.24, 2.45) is 0 Å². The number of aromatic amines is 1. The summed E-state index contributed by atoms with van der Waals surface area (Å²) in [7, 11) is 3.26. The predicted molar refractivity (Wildman–Crippen MR) is 79.1 cm³/mol. The van der Waals surface area contributed by atoms with Crippen molar-refractivity contribution in [1.29, 1.82) is 0 Å². The molecular weight excluding hydrogens is 324 g/mol. The number of halogens is 1. The normalized spacial score (nSPS) is 12.2. The third-order valence-electron chi connectivity index (χ3n) is 2.96. The number of nitrogens with one attached hydrogen (secondary N) is 2. The van der Waals surface area contributed by atoms with Crippen molar-refractivity contribution in [1.82, 2.24) is 20.7 Å². The fourth-order valence-electron chi connectivity index (χ4n) is 2.07. The molecule has 0 fully saturated rings. The summed E-state index contributed by atoms with van der Waals surface area (Å²) in [5, 5.41) is 14.0. The molecule has 2 aromatic rings. The van der Waals surface area contributed by atoms with Crippen molar-refractivity contribution in [2.45, 2.75) is 13.0 Å². The number of hydrogen-bond acceptors (Lipinski definition) is 5. The van der Waals surface area contributed by atoms with Crippen molar-refractivity contribution in [2.75, 3.05) is 20.8 Å². The molecule has 0 saturated heterocycles. The Labute approximate surface area is 126 Å². The summed E-state index contributed by atoms with van der Waals surface area (Å²) in [6, 6.07) is 3.76. The Hall–Kier alpha value is -1.60. The number of H-pyrrole nitrogens is 1. The lowest BCUT2D eigenvalue weighted by Gasteiger charge is -2.20. The molecule has 108 valence electrons. The number of hydrogen-bond donors (Lipinski definition) is 2. The van der Waals surface area contributed by atoms with Crippen LogP contribution in [0.2, 0.25) is 0 Å². The van der Waals surface area contributed by atoms with E-state index in [0.717, 1.165) is 33.8 Å². The molecule has 0 aliphatic heterocycles. The highest BCUT2D eigenvalue weighted by molar-refractivity contribution is 9.10. The van der Waals surface area contributed by atoms with Crippen LogP contribution in [0.5, 0.6) is 11.5 Å². The number of ether oxygens (including phenoxy) is 2. The quantitative estimate of drug-likeness (QED) is 0.843. The van der Waals surface area contributed by atoms with E-state index in [2.05, 4.69) is 36.7 Å². The Morgan fingerprint density at radius 3 is 2.70 bits per heavy atom. The first-order valence-electron chi connectivity index (χ1n) is 6.22. The van der Waals surface area contributed by atoms with Gasteiger partial charge in [0.2, 0.25) is 0 Å². The first-order chi connectivity index (χ1) is 9.72. The molecule has 0 spiro atoms. The fourth-order valence-corrected chi connectivity index (χ4v) is 2.76. The van der Waals surface area contributed by atoms with Crippen LogP contribution in [-0.2, 0) is 0 Å². The minimum absolute atomic E-state index is 0.101. The topological polar surface area (TPSA) is 72.1 Å². The monoisotopic (exact) mass is 340 g/mol. The summed E-state index contributed by atoms with van der Waals surface area (Å²) in [5.74, 6) is 1.44. The highest BCUT2D eigenvalue weighted by Gasteiger charge is 2.23. The Morgan fingerprint density at radius 2 is 2.15 bits per heavy atom. The zero-order valence-electron chi connectivity index (χ0n) is 11.6. The third-order valence-corrected chi connectivity index (χ3v) is 3.72. The second-order valence-electron chi connectivity index (χ2n) is 4.09. The summed E-state index contributed by atoms with van der Waals surface area (Å²) < 4.78 is 11.6. The van der Waals surface area contributed by atoms with Crippen LogP contribution in [0, 0.1) is 0 Å². The smallest absolute Gasteiger partial charge is 0.141 e. The largest absolute Gasteiger partial charge is 0.495 e. The molecule has 6 nitrogen and oxygen atoms in total. The molecule has 20 heavy (non-hydrogen) atoms. The molecule has 0 aliphatic carbocycles. The number of nitrogens with zero attached hydrogens (tertiary/aromatic N) is 2. The average Bonchev–Trinajstić information content (AvgIpc) is 2.98. The molecule has 1 heterocycles. The maximum atomic E-state index is 5.52. The van der Waals surface area contributed by atoms with Crippen LogP contribution in [0.1, 0.15) is 24.2 Å². The molecule has 2 N–H and O–H groups in total. The van der Waals surface area contributed by atoms with E-state index < -0.39 is 0 Å². The minimum atomic E-state index is -0.101. The Balaban J connectivity index is 2.51. The number of benzene rings is 1. The molecule has 0 radical (unpaired) electrons. The van der Waals surface area contributed by atoms with Crippen LogP contribution in [0.3, 0.4) is 0 Å². The van der Waals surface area contributed by atoms with Gasteiger partial charge in [0.25, 0.3) is 0 Å². The standard InChI is InChI=1S/C13H17BrN4O2/c1-4-15-12(9-7-16-18-17-9)8-5-6-10(19-2)11(14)13(8)20-3/h5-7,12,15H,4H2,1-3H3,(H,16,17,18). The molecule has 1 unspecified atom stereocenters. The summed E-state index contributed by atoms with van der Waals surface area (Å²) >= 11 is 3.51. The lowest BCUT2D eigenvalue weighted by Crippen LogP contribution is -2.23. The molecule has 1 atom stereocenters. The number of rotatable bonds is 6. The molecule has 0 saturated carbocycles. The Bertz CT molecular complexity index is 560. The SMILES string of the molecule is CCNC(c1cn[nH]n1)c1ccc(OC)c(Br)c1OC. The predicted octanol–water partition coefficient (Wildman–Crippen LogP) is 2.28. The van der Waals surface area contributed by atoms with E-state index in [1.54, 1.807) is 20.4 Å². The molecule has 7 heteroatoms. The number of methoxy groups -OCH3 is 2. The van der Waals surface area contributed by atoms with Gasteiger partial charge in [-0.2, -0.15) is 15.4 Å². The van der Waals surface area contributed by atoms with Crippen LogP contribution in [-0.4, -0.2) is 36.2 Å². The van der Waals surface area contributed by atoms with Crippen molar-refractivity contribution >= 4 is 15.9 Å². The van der Waals surface area contributed by atoms with Gasteiger partial charge in [-0.1, -0.05) is 6.92 Å². The van der Waals surface area contributed by atoms with Crippen LogP contribution < -0.4 is 14.8 Å². The number of aromatic nitrogens is 3. The Morgan fingerprint density at radius 1 is 1.35 bits per heavy atom. The zero-order valence-corrected chi connectivity index (χ0v) is 13.2. The van der Waals surface area contributed by atoms with E-state index in [9.17, 15) is 0 Å². The van der Waals surface area contributed by atoms with E-state index in [0.29, 0.717) is 0 Å². The van der Waals surface area contributed by atoms with Crippen molar-refractivity contribution in [3.63, 3.8) is 0 Å². The summed E-state index contributed by atoms with van der Waals surface area (Å²) in [6.45, 7) is 2.84. The molecule has 0 amide bonds. The van der Waals surface area contributed by atoms with Gasteiger partial charge in [-0.25, -0.2) is 0 Å². The van der Waals surface area contributed by atoms with Crippen LogP contribution in [0.15, 0.2) is 22.8 Å². The van der Waals surface area contributed by atoms with Gasteiger partial charge in [0, 0.05) is 5.56 Å². The van der Waals surface area contributed by atoms with Gasteiger partial charge in [0.05, 0.1) is 26.5 Å². The molecular formula is C13H17BrN4O2. The van der Waals surface area contributed by atoms with Crippen molar-refractivity contribution in [3.8, 4) is 11.5 Å². The third kappa shape index (κ3) is 2.78. The first kappa shape index (κ1) is 14.8. The molecule has 0 aliphatic rings. The molecule has 0 bridgehead atoms. The van der Waals surface area contributed by atoms with Gasteiger partial charge in [0.15, 0.2) is 0 Å². The average molecular weight is 341 g/mol. The lowest BCUT2D eigenvalue weighted by molar-refractivity contribution is 0.382. The van der Waals surface area contributed by atoms with Gasteiger partial charge in [0.1, 0.15) is 21.7 Å². The highest BCUT2D eigenvalue weighted by Crippen LogP contribution is 2.40. The van der Waals surface area contributed by atoms with Gasteiger partial charge in [-0.15, -0.1) is 0 Å². The van der Waals surface area contributed by atoms with E-state index in [4.69, 9.17) is 9.47 Å². The van der Waals surface area contributed by atoms with E-state index >= 15 is 0 Å². The van der Waals surface area contributed by atoms with Crippen molar-refractivity contribution in [3.05, 3.63) is 34.1 Å². The second kappa shape index (κ2) is 6.71. The highest BCUT2D eigenvalue weighted by atomic mass is 79.9. The fraction of sp³-hybridized carbons (Fsp3) is 0.385. The van der Waals surface area contributed by atoms with E-state index in [-0.39, 0.29) is 6.04 Å². The summed E-state index contributed by atoms with van der Waals surface area (Å²) in [4.78, 5) is 0. The first-order valence-corrected chi connectivity index (χ1v) is 7.01. The summed E-state index contributed by atoms with van der Waals surface area (Å²) in [5.41, 5.74) is 1.78. The lowest BCUT2D eigenvalue weighted by atomic mass is 10.0. The molecule has 1 aromatic heterocycles. The minimum Gasteiger partial charge on any atom is -0.495 e. The van der Waals surface area contributed by atoms with Gasteiger partial charge in [-0.3, -0.25) is 0 Å².